The number of carbonyl (C=O) groups excluding carboxylic acids is 1. The molecule has 12 heteroatoms. The Hall–Kier alpha value is -4.77. The minimum Gasteiger partial charge on any atom is -0.494 e. The highest BCUT2D eigenvalue weighted by Crippen LogP contribution is 2.46. The average Bonchev–Trinajstić information content (AvgIpc) is 3.89. The van der Waals surface area contributed by atoms with E-state index in [1.807, 2.05) is 92.2 Å². The normalized spacial score (nSPS) is 17.4. The molecule has 298 valence electrons. The van der Waals surface area contributed by atoms with Crippen LogP contribution in [-0.2, 0) is 20.0 Å². The van der Waals surface area contributed by atoms with Crippen LogP contribution >= 0.6 is 23.2 Å². The Kier molecular flexibility index (Phi) is 10.2. The van der Waals surface area contributed by atoms with Crippen LogP contribution in [0.15, 0.2) is 42.5 Å². The van der Waals surface area contributed by atoms with Crippen LogP contribution in [0.3, 0.4) is 0 Å². The second-order valence-corrected chi connectivity index (χ2v) is 17.1. The minimum absolute atomic E-state index is 0.122. The van der Waals surface area contributed by atoms with Crippen LogP contribution < -0.4 is 9.64 Å². The molecule has 1 fully saturated rings. The van der Waals surface area contributed by atoms with Crippen LogP contribution in [0.25, 0.3) is 32.9 Å². The van der Waals surface area contributed by atoms with Gasteiger partial charge in [-0.15, -0.1) is 0 Å². The van der Waals surface area contributed by atoms with E-state index in [9.17, 15) is 9.90 Å². The average molecular weight is 810 g/mol. The monoisotopic (exact) mass is 808 g/mol. The van der Waals surface area contributed by atoms with Crippen molar-refractivity contribution in [1.29, 1.82) is 0 Å². The number of fused-ring (bicyclic) bond motifs is 4. The summed E-state index contributed by atoms with van der Waals surface area (Å²) in [7, 11) is 4.04. The number of benzene rings is 3. The molecule has 6 aromatic rings. The van der Waals surface area contributed by atoms with Crippen molar-refractivity contribution in [3.05, 3.63) is 97.5 Å². The summed E-state index contributed by atoms with van der Waals surface area (Å²) in [5.41, 5.74) is 10.8. The molecule has 1 saturated heterocycles. The molecule has 5 heterocycles. The van der Waals surface area contributed by atoms with E-state index in [1.165, 1.54) is 0 Å². The summed E-state index contributed by atoms with van der Waals surface area (Å²) >= 11 is 13.6. The van der Waals surface area contributed by atoms with Gasteiger partial charge in [0.05, 0.1) is 34.0 Å². The number of hydrogen-bond acceptors (Lipinski definition) is 5. The van der Waals surface area contributed by atoms with E-state index < -0.39 is 5.97 Å². The molecule has 0 bridgehead atoms. The molecule has 3 aromatic heterocycles. The predicted molar refractivity (Wildman–Crippen MR) is 229 cm³/mol. The number of carboxylic acid groups (broad SMARTS) is 1. The number of hydrogen-bond donors (Lipinski definition) is 1. The highest BCUT2D eigenvalue weighted by molar-refractivity contribution is 6.35. The Labute approximate surface area is 343 Å². The van der Waals surface area contributed by atoms with E-state index in [-0.39, 0.29) is 17.6 Å². The molecule has 2 atom stereocenters. The van der Waals surface area contributed by atoms with Gasteiger partial charge in [-0.25, -0.2) is 4.79 Å². The summed E-state index contributed by atoms with van der Waals surface area (Å²) in [4.78, 5) is 32.4. The summed E-state index contributed by atoms with van der Waals surface area (Å²) in [5, 5.41) is 18.3. The fourth-order valence-electron chi connectivity index (χ4n) is 9.48. The van der Waals surface area contributed by atoms with Crippen molar-refractivity contribution in [3.8, 4) is 16.9 Å². The number of aromatic carboxylic acids is 1. The molecule has 10 nitrogen and oxygen atoms in total. The molecule has 0 saturated carbocycles. The standard InChI is InChI=1S/C45H50Cl2N6O4/c1-24-16-31-20-37(45(55)56)51(23-30-13-14-49(7)22-30)41(31)36(17-24)52-21-27(4)53-42-34(11-12-35(46)39(42)38-28(5)48-50(8)29(38)6)33(43(53)44(52)54)10-9-15-57-32-18-25(2)40(47)26(3)19-32/h11-12,16-20,27,30H,9-10,13-15,21-23H2,1-8H3,(H,55,56). The first-order chi connectivity index (χ1) is 27.1. The maximum absolute atomic E-state index is 15.5. The maximum atomic E-state index is 15.5. The number of rotatable bonds is 10. The fourth-order valence-corrected chi connectivity index (χ4v) is 9.84. The molecule has 0 radical (unpaired) electrons. The van der Waals surface area contributed by atoms with Gasteiger partial charge in [-0.3, -0.25) is 9.48 Å². The van der Waals surface area contributed by atoms with Gasteiger partial charge >= 0.3 is 5.97 Å². The largest absolute Gasteiger partial charge is 0.494 e. The molecule has 2 aliphatic rings. The van der Waals surface area contributed by atoms with Crippen molar-refractivity contribution in [2.24, 2.45) is 13.0 Å². The van der Waals surface area contributed by atoms with E-state index >= 15 is 4.79 Å². The number of carbonyl (C=O) groups is 2. The minimum atomic E-state index is -0.974. The van der Waals surface area contributed by atoms with Gasteiger partial charge in [0, 0.05) is 65.3 Å². The van der Waals surface area contributed by atoms with Gasteiger partial charge in [0.2, 0.25) is 0 Å². The van der Waals surface area contributed by atoms with Crippen LogP contribution in [0.1, 0.15) is 80.4 Å². The molecule has 2 unspecified atom stereocenters. The summed E-state index contributed by atoms with van der Waals surface area (Å²) in [6.45, 7) is 15.4. The third-order valence-corrected chi connectivity index (χ3v) is 13.0. The lowest BCUT2D eigenvalue weighted by molar-refractivity contribution is 0.0684. The van der Waals surface area contributed by atoms with Crippen molar-refractivity contribution >= 4 is 62.6 Å². The molecular weight excluding hydrogens is 759 g/mol. The van der Waals surface area contributed by atoms with E-state index in [1.54, 1.807) is 6.07 Å². The van der Waals surface area contributed by atoms with Crippen LogP contribution in [0, 0.1) is 40.5 Å². The summed E-state index contributed by atoms with van der Waals surface area (Å²) in [6, 6.07) is 13.6. The van der Waals surface area contributed by atoms with E-state index in [0.717, 1.165) is 103 Å². The SMILES string of the molecule is Cc1cc(N2CC(C)n3c(c(CCCOc4cc(C)c(Cl)c(C)c4)c4ccc(Cl)c(-c5c(C)nn(C)c5C)c43)C2=O)c2c(c1)cc(C(=O)O)n2CC1CCN(C)C1. The quantitative estimate of drug-likeness (QED) is 0.139. The Balaban J connectivity index is 1.28. The third-order valence-electron chi connectivity index (χ3n) is 12.1. The summed E-state index contributed by atoms with van der Waals surface area (Å²) in [6.07, 6.45) is 2.23. The first-order valence-electron chi connectivity index (χ1n) is 19.8. The van der Waals surface area contributed by atoms with Crippen molar-refractivity contribution in [3.63, 3.8) is 0 Å². The van der Waals surface area contributed by atoms with E-state index in [0.29, 0.717) is 49.2 Å². The van der Waals surface area contributed by atoms with Crippen molar-refractivity contribution in [1.82, 2.24) is 23.8 Å². The molecule has 1 amide bonds. The van der Waals surface area contributed by atoms with Gasteiger partial charge in [-0.1, -0.05) is 29.3 Å². The van der Waals surface area contributed by atoms with Crippen molar-refractivity contribution < 1.29 is 19.4 Å². The molecule has 0 spiro atoms. The van der Waals surface area contributed by atoms with Gasteiger partial charge in [0.15, 0.2) is 0 Å². The Morgan fingerprint density at radius 1 is 0.965 bits per heavy atom. The first kappa shape index (κ1) is 39.1. The highest BCUT2D eigenvalue weighted by Gasteiger charge is 2.38. The lowest BCUT2D eigenvalue weighted by atomic mass is 9.98. The molecule has 3 aromatic carbocycles. The van der Waals surface area contributed by atoms with Crippen LogP contribution in [0.2, 0.25) is 10.0 Å². The number of ether oxygens (including phenoxy) is 1. The molecule has 2 aliphatic heterocycles. The molecule has 8 rings (SSSR count). The topological polar surface area (TPSA) is 97.8 Å². The van der Waals surface area contributed by atoms with Crippen LogP contribution in [0.5, 0.6) is 5.75 Å². The lowest BCUT2D eigenvalue weighted by Gasteiger charge is -2.35. The molecular formula is C45H50Cl2N6O4. The number of carboxylic acids is 1. The number of aromatic nitrogens is 4. The smallest absolute Gasteiger partial charge is 0.352 e. The zero-order valence-corrected chi connectivity index (χ0v) is 35.5. The maximum Gasteiger partial charge on any atom is 0.352 e. The first-order valence-corrected chi connectivity index (χ1v) is 20.5. The van der Waals surface area contributed by atoms with Gasteiger partial charge in [0.25, 0.3) is 5.91 Å². The zero-order valence-electron chi connectivity index (χ0n) is 34.0. The fraction of sp³-hybridized carbons (Fsp3) is 0.400. The van der Waals surface area contributed by atoms with Crippen molar-refractivity contribution in [2.75, 3.05) is 38.2 Å². The summed E-state index contributed by atoms with van der Waals surface area (Å²) < 4.78 is 12.3. The summed E-state index contributed by atoms with van der Waals surface area (Å²) in [5.74, 6) is -0.0306. The Morgan fingerprint density at radius 3 is 2.35 bits per heavy atom. The second kappa shape index (κ2) is 14.9. The molecule has 0 aliphatic carbocycles. The van der Waals surface area contributed by atoms with Gasteiger partial charge < -0.3 is 28.8 Å². The van der Waals surface area contributed by atoms with Crippen LogP contribution in [0.4, 0.5) is 5.69 Å². The Morgan fingerprint density at radius 2 is 1.70 bits per heavy atom. The predicted octanol–water partition coefficient (Wildman–Crippen LogP) is 9.73. The number of anilines is 1. The number of nitrogens with zero attached hydrogens (tertiary/aromatic N) is 6. The second-order valence-electron chi connectivity index (χ2n) is 16.4. The highest BCUT2D eigenvalue weighted by atomic mass is 35.5. The van der Waals surface area contributed by atoms with E-state index in [4.69, 9.17) is 33.0 Å². The van der Waals surface area contributed by atoms with Crippen LogP contribution in [-0.4, -0.2) is 74.1 Å². The van der Waals surface area contributed by atoms with Crippen molar-refractivity contribution in [2.45, 2.75) is 73.4 Å². The van der Waals surface area contributed by atoms with E-state index in [2.05, 4.69) is 23.4 Å². The zero-order chi connectivity index (χ0) is 40.6. The number of likely N-dealkylation sites (tertiary alicyclic amines) is 1. The molecule has 57 heavy (non-hydrogen) atoms. The number of amides is 1. The van der Waals surface area contributed by atoms with Gasteiger partial charge in [-0.2, -0.15) is 5.10 Å². The lowest BCUT2D eigenvalue weighted by Crippen LogP contribution is -2.43. The third kappa shape index (κ3) is 6.69. The van der Waals surface area contributed by atoms with Gasteiger partial charge in [-0.05, 0) is 139 Å². The number of halogens is 2. The molecule has 1 N–H and O–H groups in total. The van der Waals surface area contributed by atoms with Gasteiger partial charge in [0.1, 0.15) is 17.1 Å². The Bertz CT molecular complexity index is 2590. The number of aryl methyl sites for hydroxylation is 6.